The number of ether oxygens (including phenoxy) is 1. The number of anilines is 1. The number of nitrogens with zero attached hydrogens (tertiary/aromatic N) is 2. The maximum atomic E-state index is 12.5. The van der Waals surface area contributed by atoms with E-state index in [1.165, 1.54) is 16.7 Å². The number of urea groups is 1. The van der Waals surface area contributed by atoms with E-state index in [1.807, 2.05) is 18.2 Å². The van der Waals surface area contributed by atoms with E-state index in [2.05, 4.69) is 41.3 Å². The summed E-state index contributed by atoms with van der Waals surface area (Å²) in [6, 6.07) is 9.87. The van der Waals surface area contributed by atoms with Crippen LogP contribution in [0.4, 0.5) is 10.5 Å². The monoisotopic (exact) mass is 350 g/mol. The van der Waals surface area contributed by atoms with Gasteiger partial charge in [0.15, 0.2) is 0 Å². The number of aryl methyl sites for hydroxylation is 2. The maximum absolute atomic E-state index is 12.5. The van der Waals surface area contributed by atoms with Gasteiger partial charge in [-0.25, -0.2) is 9.78 Å². The molecule has 0 saturated carbocycles. The number of fused-ring (bicyclic) bond motifs is 2. The minimum atomic E-state index is -0.170. The Morgan fingerprint density at radius 3 is 2.81 bits per heavy atom. The number of aromatic nitrogens is 2. The molecule has 2 aromatic carbocycles. The van der Waals surface area contributed by atoms with Gasteiger partial charge in [-0.3, -0.25) is 0 Å². The highest BCUT2D eigenvalue weighted by molar-refractivity contribution is 5.89. The third-order valence-corrected chi connectivity index (χ3v) is 4.85. The molecule has 1 aliphatic heterocycles. The number of hydrogen-bond donors (Lipinski definition) is 2. The van der Waals surface area contributed by atoms with Crippen molar-refractivity contribution in [2.24, 2.45) is 0 Å². The van der Waals surface area contributed by atoms with Crippen LogP contribution in [0.2, 0.25) is 0 Å². The average Bonchev–Trinajstić information content (AvgIpc) is 3.21. The lowest BCUT2D eigenvalue weighted by Crippen LogP contribution is -2.31. The maximum Gasteiger partial charge on any atom is 0.321 e. The molecule has 0 bridgehead atoms. The number of H-pyrrole nitrogens is 1. The molecule has 0 spiro atoms. The molecule has 3 aromatic rings. The standard InChI is InChI=1S/C20H22N4O2/c1-12-6-17-18(7-13(12)2)23-19(22-17)9-24(3)20(25)21-16-5-4-14-10-26-11-15(14)8-16/h4-8H,9-11H2,1-3H3,(H,21,25)(H,22,23). The zero-order valence-corrected chi connectivity index (χ0v) is 15.2. The summed E-state index contributed by atoms with van der Waals surface area (Å²) in [7, 11) is 1.76. The van der Waals surface area contributed by atoms with E-state index in [-0.39, 0.29) is 6.03 Å². The van der Waals surface area contributed by atoms with Crippen molar-refractivity contribution in [2.45, 2.75) is 33.6 Å². The van der Waals surface area contributed by atoms with Crippen molar-refractivity contribution in [3.63, 3.8) is 0 Å². The van der Waals surface area contributed by atoms with E-state index in [4.69, 9.17) is 4.74 Å². The normalized spacial score (nSPS) is 13.0. The van der Waals surface area contributed by atoms with Crippen LogP contribution >= 0.6 is 0 Å². The summed E-state index contributed by atoms with van der Waals surface area (Å²) in [5.41, 5.74) is 7.45. The third-order valence-electron chi connectivity index (χ3n) is 4.85. The topological polar surface area (TPSA) is 70.2 Å². The fourth-order valence-corrected chi connectivity index (χ4v) is 3.16. The molecule has 134 valence electrons. The minimum absolute atomic E-state index is 0.170. The van der Waals surface area contributed by atoms with Gasteiger partial charge >= 0.3 is 6.03 Å². The Morgan fingerprint density at radius 1 is 1.19 bits per heavy atom. The van der Waals surface area contributed by atoms with Crippen LogP contribution < -0.4 is 5.32 Å². The molecule has 0 aliphatic carbocycles. The molecule has 4 rings (SSSR count). The van der Waals surface area contributed by atoms with Crippen LogP contribution in [0, 0.1) is 13.8 Å². The number of benzene rings is 2. The molecule has 0 fully saturated rings. The Kier molecular flexibility index (Phi) is 4.12. The molecule has 2 heterocycles. The highest BCUT2D eigenvalue weighted by Crippen LogP contribution is 2.23. The zero-order valence-electron chi connectivity index (χ0n) is 15.2. The summed E-state index contributed by atoms with van der Waals surface area (Å²) in [5, 5.41) is 2.93. The summed E-state index contributed by atoms with van der Waals surface area (Å²) in [5.74, 6) is 0.769. The summed E-state index contributed by atoms with van der Waals surface area (Å²) in [6.45, 7) is 5.81. The smallest absolute Gasteiger partial charge is 0.321 e. The second-order valence-corrected chi connectivity index (χ2v) is 6.90. The molecular formula is C20H22N4O2. The van der Waals surface area contributed by atoms with Crippen LogP contribution in [-0.4, -0.2) is 27.9 Å². The number of amides is 2. The van der Waals surface area contributed by atoms with Crippen LogP contribution in [0.15, 0.2) is 30.3 Å². The highest BCUT2D eigenvalue weighted by atomic mass is 16.5. The van der Waals surface area contributed by atoms with E-state index in [9.17, 15) is 4.79 Å². The molecule has 26 heavy (non-hydrogen) atoms. The van der Waals surface area contributed by atoms with Crippen LogP contribution in [-0.2, 0) is 24.5 Å². The minimum Gasteiger partial charge on any atom is -0.372 e. The highest BCUT2D eigenvalue weighted by Gasteiger charge is 2.15. The van der Waals surface area contributed by atoms with Gasteiger partial charge in [-0.15, -0.1) is 0 Å². The molecule has 1 aromatic heterocycles. The van der Waals surface area contributed by atoms with Crippen LogP contribution in [0.25, 0.3) is 11.0 Å². The predicted molar refractivity (Wildman–Crippen MR) is 101 cm³/mol. The number of carbonyl (C=O) groups is 1. The molecule has 1 aliphatic rings. The molecule has 2 N–H and O–H groups in total. The van der Waals surface area contributed by atoms with E-state index >= 15 is 0 Å². The van der Waals surface area contributed by atoms with E-state index < -0.39 is 0 Å². The largest absolute Gasteiger partial charge is 0.372 e. The molecule has 6 nitrogen and oxygen atoms in total. The third kappa shape index (κ3) is 3.15. The molecule has 0 unspecified atom stereocenters. The predicted octanol–water partition coefficient (Wildman–Crippen LogP) is 3.87. The van der Waals surface area contributed by atoms with Gasteiger partial charge < -0.3 is 19.9 Å². The second kappa shape index (κ2) is 6.46. The Hall–Kier alpha value is -2.86. The molecular weight excluding hydrogens is 328 g/mol. The summed E-state index contributed by atoms with van der Waals surface area (Å²) in [4.78, 5) is 22.0. The van der Waals surface area contributed by atoms with E-state index in [0.717, 1.165) is 28.1 Å². The first-order chi connectivity index (χ1) is 12.5. The lowest BCUT2D eigenvalue weighted by atomic mass is 10.1. The summed E-state index contributed by atoms with van der Waals surface area (Å²) >= 11 is 0. The van der Waals surface area contributed by atoms with Gasteiger partial charge in [0.2, 0.25) is 0 Å². The first kappa shape index (κ1) is 16.6. The van der Waals surface area contributed by atoms with Crippen molar-refractivity contribution >= 4 is 22.8 Å². The Bertz CT molecular complexity index is 954. The van der Waals surface area contributed by atoms with E-state index in [0.29, 0.717) is 19.8 Å². The summed E-state index contributed by atoms with van der Waals surface area (Å²) < 4.78 is 5.41. The first-order valence-corrected chi connectivity index (χ1v) is 8.67. The quantitative estimate of drug-likeness (QED) is 0.753. The van der Waals surface area contributed by atoms with Crippen molar-refractivity contribution in [1.82, 2.24) is 14.9 Å². The van der Waals surface area contributed by atoms with Crippen molar-refractivity contribution < 1.29 is 9.53 Å². The zero-order chi connectivity index (χ0) is 18.3. The SMILES string of the molecule is Cc1cc2nc(CN(C)C(=O)Nc3ccc4c(c3)COC4)[nH]c2cc1C. The van der Waals surface area contributed by atoms with Crippen molar-refractivity contribution in [1.29, 1.82) is 0 Å². The fourth-order valence-electron chi connectivity index (χ4n) is 3.16. The second-order valence-electron chi connectivity index (χ2n) is 6.90. The first-order valence-electron chi connectivity index (χ1n) is 8.67. The van der Waals surface area contributed by atoms with Crippen molar-refractivity contribution in [3.8, 4) is 0 Å². The molecule has 2 amide bonds. The van der Waals surface area contributed by atoms with Gasteiger partial charge in [0.25, 0.3) is 0 Å². The van der Waals surface area contributed by atoms with Crippen molar-refractivity contribution in [2.75, 3.05) is 12.4 Å². The van der Waals surface area contributed by atoms with Gasteiger partial charge in [0.05, 0.1) is 30.8 Å². The molecule has 0 radical (unpaired) electrons. The van der Waals surface area contributed by atoms with Gasteiger partial charge in [-0.05, 0) is 60.4 Å². The van der Waals surface area contributed by atoms with Gasteiger partial charge in [-0.1, -0.05) is 6.07 Å². The Morgan fingerprint density at radius 2 is 1.96 bits per heavy atom. The fraction of sp³-hybridized carbons (Fsp3) is 0.300. The Balaban J connectivity index is 1.45. The number of imidazole rings is 1. The number of aromatic amines is 1. The van der Waals surface area contributed by atoms with Crippen LogP contribution in [0.3, 0.4) is 0 Å². The average molecular weight is 350 g/mol. The van der Waals surface area contributed by atoms with Crippen LogP contribution in [0.5, 0.6) is 0 Å². The van der Waals surface area contributed by atoms with Crippen LogP contribution in [0.1, 0.15) is 28.1 Å². The van der Waals surface area contributed by atoms with Gasteiger partial charge in [-0.2, -0.15) is 0 Å². The summed E-state index contributed by atoms with van der Waals surface area (Å²) in [6.07, 6.45) is 0. The number of hydrogen-bond acceptors (Lipinski definition) is 3. The molecule has 6 heteroatoms. The van der Waals surface area contributed by atoms with Gasteiger partial charge in [0.1, 0.15) is 5.82 Å². The number of carbonyl (C=O) groups excluding carboxylic acids is 1. The molecule has 0 atom stereocenters. The number of nitrogens with one attached hydrogen (secondary N) is 2. The van der Waals surface area contributed by atoms with E-state index in [1.54, 1.807) is 11.9 Å². The molecule has 0 saturated heterocycles. The van der Waals surface area contributed by atoms with Gasteiger partial charge in [0, 0.05) is 12.7 Å². The lowest BCUT2D eigenvalue weighted by Gasteiger charge is -2.17. The number of rotatable bonds is 3. The van der Waals surface area contributed by atoms with Crippen molar-refractivity contribution in [3.05, 3.63) is 58.4 Å². The Labute approximate surface area is 152 Å². The lowest BCUT2D eigenvalue weighted by molar-refractivity contribution is 0.134.